The highest BCUT2D eigenvalue weighted by molar-refractivity contribution is 14.0. The third-order valence-electron chi connectivity index (χ3n) is 3.78. The molecule has 2 N–H and O–H groups in total. The summed E-state index contributed by atoms with van der Waals surface area (Å²) < 4.78 is 5.92. The number of para-hydroxylation sites is 1. The highest BCUT2D eigenvalue weighted by Gasteiger charge is 2.07. The highest BCUT2D eigenvalue weighted by atomic mass is 127. The summed E-state index contributed by atoms with van der Waals surface area (Å²) in [6.45, 7) is 13.3. The van der Waals surface area contributed by atoms with Crippen LogP contribution in [0.1, 0.15) is 41.9 Å². The van der Waals surface area contributed by atoms with Gasteiger partial charge in [-0.3, -0.25) is 0 Å². The highest BCUT2D eigenvalue weighted by Crippen LogP contribution is 2.20. The zero-order valence-electron chi connectivity index (χ0n) is 16.8. The Morgan fingerprint density at radius 3 is 2.59 bits per heavy atom. The molecule has 2 rings (SSSR count). The number of aliphatic imine (C=N–C) groups is 1. The quantitative estimate of drug-likeness (QED) is 0.313. The normalized spacial score (nSPS) is 11.3. The Hall–Kier alpha value is -1.35. The van der Waals surface area contributed by atoms with Gasteiger partial charge < -0.3 is 15.4 Å². The Bertz CT molecular complexity index is 711. The Morgan fingerprint density at radius 1 is 1.22 bits per heavy atom. The van der Waals surface area contributed by atoms with Crippen molar-refractivity contribution in [3.05, 3.63) is 45.4 Å². The first-order valence-corrected chi connectivity index (χ1v) is 9.97. The van der Waals surface area contributed by atoms with Crippen LogP contribution < -0.4 is 15.4 Å². The molecule has 0 unspecified atom stereocenters. The molecule has 2 aromatic rings. The van der Waals surface area contributed by atoms with E-state index in [1.165, 1.54) is 4.88 Å². The van der Waals surface area contributed by atoms with E-state index in [1.54, 1.807) is 11.3 Å². The van der Waals surface area contributed by atoms with E-state index < -0.39 is 0 Å². The summed E-state index contributed by atoms with van der Waals surface area (Å²) in [5.41, 5.74) is 2.19. The zero-order valence-corrected chi connectivity index (χ0v) is 20.0. The largest absolute Gasteiger partial charge is 0.493 e. The molecule has 1 aromatic heterocycles. The van der Waals surface area contributed by atoms with Gasteiger partial charge in [0.25, 0.3) is 0 Å². The summed E-state index contributed by atoms with van der Waals surface area (Å²) in [5, 5.41) is 7.73. The van der Waals surface area contributed by atoms with Gasteiger partial charge in [0.1, 0.15) is 10.8 Å². The lowest BCUT2D eigenvalue weighted by Gasteiger charge is -2.13. The van der Waals surface area contributed by atoms with E-state index in [9.17, 15) is 0 Å². The molecule has 7 heteroatoms. The lowest BCUT2D eigenvalue weighted by molar-refractivity contribution is 0.268. The molecule has 0 saturated heterocycles. The summed E-state index contributed by atoms with van der Waals surface area (Å²) in [5.74, 6) is 2.19. The maximum Gasteiger partial charge on any atom is 0.191 e. The van der Waals surface area contributed by atoms with Gasteiger partial charge in [0.05, 0.1) is 25.4 Å². The van der Waals surface area contributed by atoms with Crippen molar-refractivity contribution in [3.63, 3.8) is 0 Å². The third-order valence-corrected chi connectivity index (χ3v) is 4.85. The van der Waals surface area contributed by atoms with Crippen LogP contribution in [0, 0.1) is 19.8 Å². The molecule has 0 aliphatic heterocycles. The second-order valence-corrected chi connectivity index (χ2v) is 7.90. The lowest BCUT2D eigenvalue weighted by Crippen LogP contribution is -2.36. The third kappa shape index (κ3) is 8.04. The van der Waals surface area contributed by atoms with Crippen LogP contribution >= 0.6 is 35.3 Å². The maximum absolute atomic E-state index is 5.92. The molecule has 150 valence electrons. The molecule has 27 heavy (non-hydrogen) atoms. The number of hydrogen-bond donors (Lipinski definition) is 2. The van der Waals surface area contributed by atoms with Crippen LogP contribution in [0.3, 0.4) is 0 Å². The Morgan fingerprint density at radius 2 is 1.96 bits per heavy atom. The van der Waals surface area contributed by atoms with Gasteiger partial charge in [-0.2, -0.15) is 0 Å². The number of nitrogens with one attached hydrogen (secondary N) is 2. The Kier molecular flexibility index (Phi) is 10.7. The number of benzene rings is 1. The van der Waals surface area contributed by atoms with Crippen LogP contribution in [0.5, 0.6) is 5.75 Å². The van der Waals surface area contributed by atoms with E-state index in [0.29, 0.717) is 25.6 Å². The molecule has 1 heterocycles. The predicted octanol–water partition coefficient (Wildman–Crippen LogP) is 4.67. The molecule has 0 fully saturated rings. The van der Waals surface area contributed by atoms with E-state index in [0.717, 1.165) is 34.5 Å². The van der Waals surface area contributed by atoms with Gasteiger partial charge in [0.15, 0.2) is 5.96 Å². The van der Waals surface area contributed by atoms with E-state index in [4.69, 9.17) is 9.73 Å². The molecule has 0 bridgehead atoms. The molecule has 0 spiro atoms. The number of rotatable bonds is 8. The Labute approximate surface area is 184 Å². The minimum atomic E-state index is 0. The van der Waals surface area contributed by atoms with Crippen LogP contribution in [-0.2, 0) is 13.1 Å². The van der Waals surface area contributed by atoms with E-state index >= 15 is 0 Å². The van der Waals surface area contributed by atoms with E-state index in [2.05, 4.69) is 49.4 Å². The van der Waals surface area contributed by atoms with Crippen molar-refractivity contribution in [2.24, 2.45) is 10.9 Å². The number of aromatic nitrogens is 1. The van der Waals surface area contributed by atoms with Crippen LogP contribution in [0.2, 0.25) is 0 Å². The number of nitrogens with zero attached hydrogens (tertiary/aromatic N) is 2. The van der Waals surface area contributed by atoms with Crippen LogP contribution in [0.15, 0.2) is 29.3 Å². The van der Waals surface area contributed by atoms with Crippen molar-refractivity contribution < 1.29 is 4.74 Å². The number of thiazole rings is 1. The number of guanidine groups is 1. The molecule has 0 atom stereocenters. The van der Waals surface area contributed by atoms with Gasteiger partial charge in [-0.05, 0) is 32.8 Å². The second-order valence-electron chi connectivity index (χ2n) is 6.61. The van der Waals surface area contributed by atoms with E-state index in [1.807, 2.05) is 25.1 Å². The number of halogens is 1. The molecule has 0 amide bonds. The number of hydrogen-bond acceptors (Lipinski definition) is 4. The summed E-state index contributed by atoms with van der Waals surface area (Å²) in [7, 11) is 0. The number of aryl methyl sites for hydroxylation is 2. The lowest BCUT2D eigenvalue weighted by atomic mass is 10.2. The SMILES string of the molecule is CCNC(=NCc1ccccc1OCC(C)C)NCc1nc(C)c(C)s1.I. The average molecular weight is 502 g/mol. The average Bonchev–Trinajstić information content (AvgIpc) is 2.94. The summed E-state index contributed by atoms with van der Waals surface area (Å²) >= 11 is 1.72. The fraction of sp³-hybridized carbons (Fsp3) is 0.500. The number of ether oxygens (including phenoxy) is 1. The van der Waals surface area contributed by atoms with Crippen molar-refractivity contribution >= 4 is 41.3 Å². The summed E-state index contributed by atoms with van der Waals surface area (Å²) in [6.07, 6.45) is 0. The van der Waals surface area contributed by atoms with Crippen molar-refractivity contribution in [3.8, 4) is 5.75 Å². The van der Waals surface area contributed by atoms with Crippen molar-refractivity contribution in [1.29, 1.82) is 0 Å². The smallest absolute Gasteiger partial charge is 0.191 e. The van der Waals surface area contributed by atoms with Crippen molar-refractivity contribution in [2.45, 2.75) is 47.7 Å². The first-order valence-electron chi connectivity index (χ1n) is 9.15. The first-order chi connectivity index (χ1) is 12.5. The zero-order chi connectivity index (χ0) is 18.9. The predicted molar refractivity (Wildman–Crippen MR) is 125 cm³/mol. The monoisotopic (exact) mass is 502 g/mol. The fourth-order valence-corrected chi connectivity index (χ4v) is 3.19. The first kappa shape index (κ1) is 23.7. The van der Waals surface area contributed by atoms with Crippen molar-refractivity contribution in [2.75, 3.05) is 13.2 Å². The molecular weight excluding hydrogens is 471 g/mol. The van der Waals surface area contributed by atoms with Gasteiger partial charge >= 0.3 is 0 Å². The molecule has 0 aliphatic carbocycles. The standard InChI is InChI=1S/C20H30N4OS.HI/c1-6-21-20(23-12-19-24-15(4)16(5)26-19)22-11-17-9-7-8-10-18(17)25-13-14(2)3;/h7-10,14H,6,11-13H2,1-5H3,(H2,21,22,23);1H. The van der Waals surface area contributed by atoms with Gasteiger partial charge in [-0.15, -0.1) is 35.3 Å². The topological polar surface area (TPSA) is 58.5 Å². The van der Waals surface area contributed by atoms with Crippen molar-refractivity contribution in [1.82, 2.24) is 15.6 Å². The molecule has 0 saturated carbocycles. The van der Waals surface area contributed by atoms with Gasteiger partial charge in [0.2, 0.25) is 0 Å². The minimum absolute atomic E-state index is 0. The summed E-state index contributed by atoms with van der Waals surface area (Å²) in [4.78, 5) is 10.5. The molecule has 1 aromatic carbocycles. The van der Waals surface area contributed by atoms with Gasteiger partial charge in [-0.1, -0.05) is 32.0 Å². The van der Waals surface area contributed by atoms with Crippen LogP contribution in [0.25, 0.3) is 0 Å². The van der Waals surface area contributed by atoms with Crippen LogP contribution in [-0.4, -0.2) is 24.1 Å². The molecule has 0 radical (unpaired) electrons. The van der Waals surface area contributed by atoms with Crippen LogP contribution in [0.4, 0.5) is 0 Å². The van der Waals surface area contributed by atoms with Gasteiger partial charge in [-0.25, -0.2) is 9.98 Å². The Balaban J connectivity index is 0.00000364. The summed E-state index contributed by atoms with van der Waals surface area (Å²) in [6, 6.07) is 8.10. The minimum Gasteiger partial charge on any atom is -0.493 e. The molecular formula is C20H31IN4OS. The maximum atomic E-state index is 5.92. The van der Waals surface area contributed by atoms with E-state index in [-0.39, 0.29) is 24.0 Å². The van der Waals surface area contributed by atoms with Gasteiger partial charge in [0, 0.05) is 17.0 Å². The molecule has 5 nitrogen and oxygen atoms in total. The second kappa shape index (κ2) is 12.2. The fourth-order valence-electron chi connectivity index (χ4n) is 2.31. The molecule has 0 aliphatic rings.